The lowest BCUT2D eigenvalue weighted by molar-refractivity contribution is -0.150. The van der Waals surface area contributed by atoms with E-state index in [0.717, 1.165) is 23.2 Å². The van der Waals surface area contributed by atoms with E-state index in [0.29, 0.717) is 17.6 Å². The number of rotatable bonds is 6. The van der Waals surface area contributed by atoms with E-state index < -0.39 is 45.3 Å². The summed E-state index contributed by atoms with van der Waals surface area (Å²) in [5.74, 6) is -3.08. The van der Waals surface area contributed by atoms with Crippen molar-refractivity contribution in [3.63, 3.8) is 0 Å². The van der Waals surface area contributed by atoms with E-state index >= 15 is 0 Å². The van der Waals surface area contributed by atoms with Gasteiger partial charge < -0.3 is 21.0 Å². The zero-order valence-electron chi connectivity index (χ0n) is 17.6. The number of aliphatic carboxylic acids is 1. The predicted octanol–water partition coefficient (Wildman–Crippen LogP) is -0.579. The van der Waals surface area contributed by atoms with Gasteiger partial charge in [0, 0.05) is 18.1 Å². The number of amides is 2. The van der Waals surface area contributed by atoms with Crippen LogP contribution in [0.4, 0.5) is 5.13 Å². The third-order valence-electron chi connectivity index (χ3n) is 3.98. The van der Waals surface area contributed by atoms with Crippen LogP contribution < -0.4 is 11.1 Å². The Bertz CT molecular complexity index is 1200. The van der Waals surface area contributed by atoms with Crippen molar-refractivity contribution in [2.75, 3.05) is 17.7 Å². The molecule has 2 aliphatic heterocycles. The van der Waals surface area contributed by atoms with E-state index in [1.807, 2.05) is 0 Å². The number of carbonyl (C=O) groups excluding carboxylic acids is 3. The standard InChI is InChI=1S/C16H15N5O6S2.CH4O3S/c1-3-7-4-28-14-10(13(24)21(14)11(7)15(25)26)19-12(23)9(20-27-6(2)22)8-5-29-16(17)18-8;1-5(2,3)4/h3,5,10,14H,1,4H2,2H3,(H2,17,18)(H,19,23)(H,25,26);1H3,(H,2,3,4)/b20-9+;/t10-,14-;/m1./s1. The van der Waals surface area contributed by atoms with Crippen molar-refractivity contribution in [1.82, 2.24) is 15.2 Å². The Morgan fingerprint density at radius 1 is 1.44 bits per heavy atom. The molecule has 0 aromatic carbocycles. The summed E-state index contributed by atoms with van der Waals surface area (Å²) in [7, 11) is -3.67. The summed E-state index contributed by atoms with van der Waals surface area (Å²) in [4.78, 5) is 57.4. The highest BCUT2D eigenvalue weighted by molar-refractivity contribution is 8.00. The molecule has 17 heteroatoms. The number of thiazole rings is 1. The van der Waals surface area contributed by atoms with Crippen molar-refractivity contribution in [3.8, 4) is 0 Å². The molecule has 2 atom stereocenters. The van der Waals surface area contributed by atoms with E-state index in [4.69, 9.17) is 10.3 Å². The summed E-state index contributed by atoms with van der Waals surface area (Å²) in [5, 5.41) is 16.5. The second kappa shape index (κ2) is 10.8. The van der Waals surface area contributed by atoms with Gasteiger partial charge in [0.25, 0.3) is 21.9 Å². The minimum atomic E-state index is -3.67. The summed E-state index contributed by atoms with van der Waals surface area (Å²) in [5.41, 5.74) is 5.58. The van der Waals surface area contributed by atoms with Crippen molar-refractivity contribution in [1.29, 1.82) is 0 Å². The molecular weight excluding hydrogens is 514 g/mol. The second-order valence-corrected chi connectivity index (χ2v) is 10.0. The van der Waals surface area contributed by atoms with Gasteiger partial charge in [0.05, 0.1) is 6.26 Å². The van der Waals surface area contributed by atoms with Gasteiger partial charge in [-0.25, -0.2) is 14.6 Å². The summed E-state index contributed by atoms with van der Waals surface area (Å²) >= 11 is 2.34. The number of allylic oxidation sites excluding steroid dienone is 1. The Hall–Kier alpha value is -3.28. The third-order valence-corrected chi connectivity index (χ3v) is 5.95. The number of hydrogen-bond acceptors (Lipinski definition) is 12. The van der Waals surface area contributed by atoms with Gasteiger partial charge >= 0.3 is 11.9 Å². The van der Waals surface area contributed by atoms with E-state index in [-0.39, 0.29) is 22.2 Å². The molecule has 14 nitrogen and oxygen atoms in total. The number of aromatic nitrogens is 1. The van der Waals surface area contributed by atoms with Crippen molar-refractivity contribution >= 4 is 67.8 Å². The summed E-state index contributed by atoms with van der Waals surface area (Å²) in [6, 6.07) is -0.980. The van der Waals surface area contributed by atoms with Gasteiger partial charge in [0.1, 0.15) is 22.8 Å². The molecule has 1 fully saturated rings. The first-order valence-corrected chi connectivity index (χ1v) is 12.8. The SMILES string of the molecule is C=CC1=C(C(=O)O)N2C(=O)[C@@H](NC(=O)/C(=N/OC(C)=O)c3csc(N)n3)[C@H]2SC1.CS(=O)(=O)O. The molecule has 0 saturated carbocycles. The first-order valence-electron chi connectivity index (χ1n) is 8.98. The number of hydrogen-bond donors (Lipinski definition) is 4. The average Bonchev–Trinajstić information content (AvgIpc) is 3.15. The molecule has 0 bridgehead atoms. The zero-order chi connectivity index (χ0) is 25.8. The number of nitrogens with zero attached hydrogens (tertiary/aromatic N) is 3. The quantitative estimate of drug-likeness (QED) is 0.119. The number of nitrogens with two attached hydrogens (primary N) is 1. The van der Waals surface area contributed by atoms with Crippen LogP contribution in [0, 0.1) is 0 Å². The molecular formula is C17H19N5O9S3. The molecule has 3 rings (SSSR count). The van der Waals surface area contributed by atoms with Crippen LogP contribution in [0.25, 0.3) is 0 Å². The van der Waals surface area contributed by atoms with Gasteiger partial charge in [-0.2, -0.15) is 8.42 Å². The van der Waals surface area contributed by atoms with E-state index in [2.05, 4.69) is 26.9 Å². The number of oxime groups is 1. The minimum Gasteiger partial charge on any atom is -0.477 e. The van der Waals surface area contributed by atoms with Crippen LogP contribution in [0.2, 0.25) is 0 Å². The molecule has 34 heavy (non-hydrogen) atoms. The highest BCUT2D eigenvalue weighted by atomic mass is 32.2. The topological polar surface area (TPSA) is 219 Å². The predicted molar refractivity (Wildman–Crippen MR) is 122 cm³/mol. The lowest BCUT2D eigenvalue weighted by atomic mass is 10.0. The number of anilines is 1. The summed E-state index contributed by atoms with van der Waals surface area (Å²) in [6.45, 7) is 4.68. The Labute approximate surface area is 201 Å². The number of fused-ring (bicyclic) bond motifs is 1. The van der Waals surface area contributed by atoms with Crippen molar-refractivity contribution in [2.24, 2.45) is 5.16 Å². The van der Waals surface area contributed by atoms with E-state index in [1.54, 1.807) is 0 Å². The molecule has 0 unspecified atom stereocenters. The maximum absolute atomic E-state index is 12.7. The lowest BCUT2D eigenvalue weighted by Crippen LogP contribution is -2.71. The highest BCUT2D eigenvalue weighted by Crippen LogP contribution is 2.40. The molecule has 1 saturated heterocycles. The van der Waals surface area contributed by atoms with Gasteiger partial charge in [0.2, 0.25) is 0 Å². The fourth-order valence-electron chi connectivity index (χ4n) is 2.72. The van der Waals surface area contributed by atoms with Crippen LogP contribution in [0.5, 0.6) is 0 Å². The maximum Gasteiger partial charge on any atom is 0.352 e. The monoisotopic (exact) mass is 533 g/mol. The van der Waals surface area contributed by atoms with Gasteiger partial charge in [-0.05, 0) is 5.57 Å². The molecule has 3 heterocycles. The van der Waals surface area contributed by atoms with Gasteiger partial charge in [-0.3, -0.25) is 19.0 Å². The molecule has 0 aliphatic carbocycles. The molecule has 184 valence electrons. The van der Waals surface area contributed by atoms with Crippen molar-refractivity contribution in [3.05, 3.63) is 35.0 Å². The smallest absolute Gasteiger partial charge is 0.352 e. The normalized spacial score (nSPS) is 19.8. The minimum absolute atomic E-state index is 0.0752. The molecule has 1 aromatic rings. The Morgan fingerprint density at radius 3 is 2.53 bits per heavy atom. The maximum atomic E-state index is 12.7. The van der Waals surface area contributed by atoms with Crippen LogP contribution in [0.3, 0.4) is 0 Å². The zero-order valence-corrected chi connectivity index (χ0v) is 20.1. The van der Waals surface area contributed by atoms with Gasteiger partial charge in [-0.15, -0.1) is 23.1 Å². The molecule has 0 spiro atoms. The van der Waals surface area contributed by atoms with Crippen LogP contribution in [-0.2, 0) is 34.1 Å². The fraction of sp³-hybridized carbons (Fsp3) is 0.294. The van der Waals surface area contributed by atoms with E-state index in [9.17, 15) is 32.7 Å². The Morgan fingerprint density at radius 2 is 2.06 bits per heavy atom. The van der Waals surface area contributed by atoms with Crippen LogP contribution in [0.15, 0.2) is 34.5 Å². The molecule has 1 aromatic heterocycles. The number of carboxylic acids is 1. The molecule has 0 radical (unpaired) electrons. The first kappa shape index (κ1) is 27.0. The average molecular weight is 534 g/mol. The van der Waals surface area contributed by atoms with Crippen LogP contribution in [-0.4, -0.2) is 80.8 Å². The van der Waals surface area contributed by atoms with Gasteiger partial charge in [0.15, 0.2) is 10.8 Å². The Balaban J connectivity index is 0.000000739. The number of carbonyl (C=O) groups is 4. The van der Waals surface area contributed by atoms with Crippen LogP contribution in [0.1, 0.15) is 12.6 Å². The van der Waals surface area contributed by atoms with Gasteiger partial charge in [-0.1, -0.05) is 17.8 Å². The number of β-lactam (4-membered cyclic amide) rings is 1. The number of nitrogen functional groups attached to an aromatic ring is 1. The molecule has 2 aliphatic rings. The largest absolute Gasteiger partial charge is 0.477 e. The van der Waals surface area contributed by atoms with E-state index in [1.165, 1.54) is 23.2 Å². The van der Waals surface area contributed by atoms with Crippen molar-refractivity contribution < 1.29 is 42.1 Å². The summed E-state index contributed by atoms with van der Waals surface area (Å²) in [6.07, 6.45) is 2.11. The first-order chi connectivity index (χ1) is 15.7. The summed E-state index contributed by atoms with van der Waals surface area (Å²) < 4.78 is 25.9. The fourth-order valence-corrected chi connectivity index (χ4v) is 4.61. The van der Waals surface area contributed by atoms with Crippen molar-refractivity contribution in [2.45, 2.75) is 18.3 Å². The third kappa shape index (κ3) is 6.62. The lowest BCUT2D eigenvalue weighted by Gasteiger charge is -2.49. The Kier molecular flexibility index (Phi) is 8.54. The molecule has 2 amide bonds. The number of nitrogens with one attached hydrogen (secondary N) is 1. The van der Waals surface area contributed by atoms with Crippen LogP contribution >= 0.6 is 23.1 Å². The number of carboxylic acid groups (broad SMARTS) is 1. The highest BCUT2D eigenvalue weighted by Gasteiger charge is 2.54. The second-order valence-electron chi connectivity index (χ2n) is 6.57. The molecule has 5 N–H and O–H groups in total. The number of thioether (sulfide) groups is 1.